The fourth-order valence-corrected chi connectivity index (χ4v) is 26.4. The van der Waals surface area contributed by atoms with Crippen molar-refractivity contribution in [3.8, 4) is 0 Å². The zero-order valence-electron chi connectivity index (χ0n) is 37.4. The van der Waals surface area contributed by atoms with E-state index >= 15 is 0 Å². The second-order valence-corrected chi connectivity index (χ2v) is 26.7. The summed E-state index contributed by atoms with van der Waals surface area (Å²) in [6.45, 7) is 0.939. The Morgan fingerprint density at radius 2 is 0.534 bits per heavy atom. The van der Waals surface area contributed by atoms with E-state index in [0.29, 0.717) is 5.56 Å². The summed E-state index contributed by atoms with van der Waals surface area (Å²) >= 11 is 0. The molecule has 0 radical (unpaired) electrons. The predicted octanol–water partition coefficient (Wildman–Crippen LogP) is 17.7. The summed E-state index contributed by atoms with van der Waals surface area (Å²) in [5.74, 6) is -0.851. The average molecular weight is 898 g/mol. The van der Waals surface area contributed by atoms with Gasteiger partial charge >= 0.3 is 5.97 Å². The molecule has 1 aliphatic heterocycles. The Bertz CT molecular complexity index is 7680. The number of nitrogens with zero attached hydrogens (tertiary/aromatic N) is 1. The van der Waals surface area contributed by atoms with Crippen LogP contribution in [0.4, 0.5) is 0 Å². The van der Waals surface area contributed by atoms with Crippen LogP contribution in [-0.2, 0) is 10.8 Å². The number of aromatic carboxylic acids is 1. The van der Waals surface area contributed by atoms with Crippen molar-refractivity contribution in [1.82, 2.24) is 4.90 Å². The van der Waals surface area contributed by atoms with E-state index in [-0.39, 0.29) is 11.5 Å². The Morgan fingerprint density at radius 1 is 0.329 bits per heavy atom. The van der Waals surface area contributed by atoms with E-state index in [0.717, 1.165) is 6.54 Å². The quantitative estimate of drug-likeness (QED) is 0.176. The smallest absolute Gasteiger partial charge is 0.335 e. The first-order valence-electron chi connectivity index (χ1n) is 27.0. The minimum atomic E-state index is -0.851. The Kier molecular flexibility index (Phi) is 2.37. The molecular formula is C70H11NO2. The zero-order chi connectivity index (χ0) is 43.9. The van der Waals surface area contributed by atoms with Crippen molar-refractivity contribution in [2.75, 3.05) is 13.6 Å². The van der Waals surface area contributed by atoms with E-state index in [2.05, 4.69) is 24.1 Å². The molecule has 73 heavy (non-hydrogen) atoms. The molecule has 4 aliphatic carbocycles. The first-order valence-corrected chi connectivity index (χ1v) is 27.0. The molecule has 308 valence electrons. The van der Waals surface area contributed by atoms with Crippen LogP contribution in [0.1, 0.15) is 44.2 Å². The van der Waals surface area contributed by atoms with Crippen molar-refractivity contribution in [1.29, 1.82) is 0 Å². The fourth-order valence-electron chi connectivity index (χ4n) is 26.4. The summed E-state index contributed by atoms with van der Waals surface area (Å²) in [6.07, 6.45) is 0. The molecule has 1 saturated heterocycles. The number of carbonyl (C=O) groups is 1. The van der Waals surface area contributed by atoms with Gasteiger partial charge in [0.05, 0.1) is 16.4 Å². The van der Waals surface area contributed by atoms with Gasteiger partial charge in [0.1, 0.15) is 0 Å². The lowest BCUT2D eigenvalue weighted by molar-refractivity contribution is 0.0697. The van der Waals surface area contributed by atoms with E-state index < -0.39 is 11.4 Å². The Labute approximate surface area is 397 Å². The van der Waals surface area contributed by atoms with Crippen molar-refractivity contribution in [2.45, 2.75) is 16.9 Å². The van der Waals surface area contributed by atoms with Gasteiger partial charge in [-0.3, -0.25) is 4.90 Å². The zero-order valence-corrected chi connectivity index (χ0v) is 37.4. The summed E-state index contributed by atoms with van der Waals surface area (Å²) in [5.41, 5.74) is 7.55. The number of likely N-dealkylation sites (tertiary alicyclic amines) is 1. The number of hydrogen-bond acceptors (Lipinski definition) is 2. The summed E-state index contributed by atoms with van der Waals surface area (Å²) in [4.78, 5) is 15.5. The highest BCUT2D eigenvalue weighted by Gasteiger charge is 2.76. The second-order valence-electron chi connectivity index (χ2n) is 26.7. The molecule has 29 aromatic rings. The van der Waals surface area contributed by atoms with Crippen LogP contribution < -0.4 is 0 Å². The molecule has 34 rings (SSSR count). The molecule has 0 bridgehead atoms. The van der Waals surface area contributed by atoms with Gasteiger partial charge in [0.15, 0.2) is 0 Å². The lowest BCUT2D eigenvalue weighted by Gasteiger charge is -2.50. The minimum absolute atomic E-state index is 0.00825. The average Bonchev–Trinajstić information content (AvgIpc) is 4.18. The summed E-state index contributed by atoms with van der Waals surface area (Å²) in [6, 6.07) is 8.35. The van der Waals surface area contributed by atoms with Gasteiger partial charge in [-0.05, 0) is 338 Å². The molecule has 0 aromatic heterocycles. The highest BCUT2D eigenvalue weighted by molar-refractivity contribution is 6.82. The molecule has 1 heterocycles. The molecule has 1 fully saturated rings. The summed E-state index contributed by atoms with van der Waals surface area (Å²) in [7, 11) is 2.47. The van der Waals surface area contributed by atoms with Crippen molar-refractivity contribution in [2.24, 2.45) is 0 Å². The Morgan fingerprint density at radius 3 is 0.836 bits per heavy atom. The first kappa shape index (κ1) is 27.6. The topological polar surface area (TPSA) is 40.5 Å². The number of benzene rings is 18. The molecule has 3 unspecified atom stereocenters. The van der Waals surface area contributed by atoms with Crippen LogP contribution in [0, 0.1) is 0 Å². The van der Waals surface area contributed by atoms with Crippen LogP contribution >= 0.6 is 0 Å². The highest BCUT2D eigenvalue weighted by atomic mass is 16.4. The van der Waals surface area contributed by atoms with Crippen molar-refractivity contribution >= 4 is 297 Å². The first-order chi connectivity index (χ1) is 36.2. The lowest BCUT2D eigenvalue weighted by Crippen LogP contribution is -2.50. The van der Waals surface area contributed by atoms with Gasteiger partial charge in [0.25, 0.3) is 0 Å². The molecular weight excluding hydrogens is 887 g/mol. The van der Waals surface area contributed by atoms with Crippen LogP contribution in [-0.4, -0.2) is 29.6 Å². The molecule has 5 aliphatic rings. The number of carboxylic acid groups (broad SMARTS) is 1. The Balaban J connectivity index is 1.13. The van der Waals surface area contributed by atoms with E-state index in [1.165, 1.54) is 5.56 Å². The molecule has 29 aromatic carbocycles. The maximum atomic E-state index is 12.7. The second kappa shape index (κ2) is 6.27. The van der Waals surface area contributed by atoms with Gasteiger partial charge in [-0.25, -0.2) is 4.79 Å². The van der Waals surface area contributed by atoms with E-state index in [9.17, 15) is 9.90 Å². The maximum absolute atomic E-state index is 12.7. The third-order valence-electron chi connectivity index (χ3n) is 26.4. The third-order valence-corrected chi connectivity index (χ3v) is 26.4. The molecule has 0 amide bonds. The van der Waals surface area contributed by atoms with Gasteiger partial charge in [-0.2, -0.15) is 0 Å². The maximum Gasteiger partial charge on any atom is 0.335 e. The SMILES string of the molecule is CN1CC23c4c5c6c7c8c9c(c%10c%11c2c2c%12c4c4c%13c5c5c7c7c8c8c%14c9c%10c9c%10c%11c2c2c%11c%12c4c4c%12c%13c5c5c7c7c8c8c%14c9c9c%10c2c2c%11c4c4c%12c5c7c5c8c9c2c45)C63C1c1ccc(C(=O)O)cc1. The van der Waals surface area contributed by atoms with Gasteiger partial charge in [0.2, 0.25) is 0 Å². The standard InChI is InChI=1S/C70H11NO2/c1-71-6-69-63-56-49-37-29-20-11-9-10-12-15(11)24-31(29)39-40-32(24)30-21(12)23-19-14(10)17-16-13(9)18-22(20)35(37)43-41-27(18)25(16)33-34-26(17)28(19)42-44-36(23)38(30)50-52(40)61(60(63)51(39)49)65-58(50)55(44)59-48(42)46(34)53-45(33)47(41)57(54(43)56)64(69)62(53)66(59)70(65,69)67(71)7-2-4-8(5-3-7)68(72)73/h2-5,67H,6H2,1H3,(H,72,73). The highest BCUT2D eigenvalue weighted by Crippen LogP contribution is 2.87. The monoisotopic (exact) mass is 897 g/mol. The third kappa shape index (κ3) is 1.49. The predicted molar refractivity (Wildman–Crippen MR) is 303 cm³/mol. The number of hydrogen-bond donors (Lipinski definition) is 1. The van der Waals surface area contributed by atoms with Gasteiger partial charge < -0.3 is 5.11 Å². The molecule has 3 nitrogen and oxygen atoms in total. The number of likely N-dealkylation sites (N-methyl/N-ethyl adjacent to an activating group) is 1. The van der Waals surface area contributed by atoms with Crippen LogP contribution in [0.2, 0.25) is 0 Å². The fraction of sp³-hybridized carbons (Fsp3) is 0.0714. The normalized spacial score (nSPS) is 23.4. The van der Waals surface area contributed by atoms with E-state index in [1.807, 2.05) is 12.1 Å². The molecule has 0 saturated carbocycles. The number of rotatable bonds is 2. The minimum Gasteiger partial charge on any atom is -0.478 e. The Hall–Kier alpha value is -8.89. The van der Waals surface area contributed by atoms with Crippen molar-refractivity contribution < 1.29 is 9.90 Å². The summed E-state index contributed by atoms with van der Waals surface area (Å²) < 4.78 is 0. The van der Waals surface area contributed by atoms with Gasteiger partial charge in [-0.15, -0.1) is 0 Å². The van der Waals surface area contributed by atoms with Crippen LogP contribution in [0.25, 0.3) is 291 Å². The number of carboxylic acids is 1. The van der Waals surface area contributed by atoms with Crippen LogP contribution in [0.15, 0.2) is 24.3 Å². The largest absolute Gasteiger partial charge is 0.478 e. The van der Waals surface area contributed by atoms with E-state index in [4.69, 9.17) is 0 Å². The van der Waals surface area contributed by atoms with Gasteiger partial charge in [0, 0.05) is 12.6 Å². The van der Waals surface area contributed by atoms with Crippen LogP contribution in [0.5, 0.6) is 0 Å². The lowest BCUT2D eigenvalue weighted by atomic mass is 9.49. The van der Waals surface area contributed by atoms with Gasteiger partial charge in [-0.1, -0.05) is 12.1 Å². The van der Waals surface area contributed by atoms with Crippen molar-refractivity contribution in [3.05, 3.63) is 57.6 Å². The van der Waals surface area contributed by atoms with E-state index in [1.54, 1.807) is 313 Å². The summed E-state index contributed by atoms with van der Waals surface area (Å²) in [5, 5.41) is 98.0. The molecule has 3 atom stereocenters. The molecule has 3 heteroatoms. The van der Waals surface area contributed by atoms with Crippen molar-refractivity contribution in [3.63, 3.8) is 0 Å². The molecule has 2 spiro atoms. The van der Waals surface area contributed by atoms with Crippen LogP contribution in [0.3, 0.4) is 0 Å². The molecule has 1 N–H and O–H groups in total.